The Morgan fingerprint density at radius 1 is 1.27 bits per heavy atom. The maximum absolute atomic E-state index is 12.5. The van der Waals surface area contributed by atoms with Crippen LogP contribution in [0.5, 0.6) is 0 Å². The predicted molar refractivity (Wildman–Crippen MR) is 92.4 cm³/mol. The topological polar surface area (TPSA) is 105 Å². The lowest BCUT2D eigenvalue weighted by Crippen LogP contribution is -2.32. The van der Waals surface area contributed by atoms with E-state index in [-0.39, 0.29) is 12.1 Å². The molecule has 0 spiro atoms. The van der Waals surface area contributed by atoms with Crippen LogP contribution in [0.4, 0.5) is 0 Å². The number of carbonyl (C=O) groups excluding carboxylic acids is 1. The van der Waals surface area contributed by atoms with Gasteiger partial charge in [0.05, 0.1) is 6.54 Å². The molecule has 3 aromatic rings. The normalized spacial score (nSPS) is 13.6. The standard InChI is InChI=1S/C18H17N5O3/c1-23(10-14-21-22-17(26-14)12-5-3-2-4-6-12)18(25)13-9-19-15(11-7-8-11)20-16(13)24/h2-6,9,11H,7-8,10H2,1H3,(H,19,20,24). The molecule has 132 valence electrons. The minimum absolute atomic E-state index is 0.000279. The number of H-pyrrole nitrogens is 1. The zero-order valence-corrected chi connectivity index (χ0v) is 14.2. The molecule has 0 saturated heterocycles. The predicted octanol–water partition coefficient (Wildman–Crippen LogP) is 1.97. The average molecular weight is 351 g/mol. The van der Waals surface area contributed by atoms with Gasteiger partial charge in [-0.1, -0.05) is 18.2 Å². The van der Waals surface area contributed by atoms with Crippen molar-refractivity contribution in [2.24, 2.45) is 0 Å². The summed E-state index contributed by atoms with van der Waals surface area (Å²) < 4.78 is 5.60. The average Bonchev–Trinajstić information content (AvgIpc) is 3.41. The lowest BCUT2D eigenvalue weighted by atomic mass is 10.2. The van der Waals surface area contributed by atoms with Gasteiger partial charge < -0.3 is 14.3 Å². The number of rotatable bonds is 5. The van der Waals surface area contributed by atoms with E-state index in [1.54, 1.807) is 7.05 Å². The van der Waals surface area contributed by atoms with Crippen LogP contribution >= 0.6 is 0 Å². The molecule has 1 saturated carbocycles. The van der Waals surface area contributed by atoms with E-state index in [1.807, 2.05) is 30.3 Å². The van der Waals surface area contributed by atoms with E-state index < -0.39 is 11.5 Å². The maximum atomic E-state index is 12.5. The second-order valence-corrected chi connectivity index (χ2v) is 6.31. The monoisotopic (exact) mass is 351 g/mol. The minimum atomic E-state index is -0.444. The molecule has 1 fully saturated rings. The van der Waals surface area contributed by atoms with Crippen LogP contribution in [0.2, 0.25) is 0 Å². The second-order valence-electron chi connectivity index (χ2n) is 6.31. The van der Waals surface area contributed by atoms with E-state index in [0.717, 1.165) is 18.4 Å². The van der Waals surface area contributed by atoms with E-state index in [0.29, 0.717) is 23.5 Å². The maximum Gasteiger partial charge on any atom is 0.263 e. The molecule has 1 aliphatic rings. The van der Waals surface area contributed by atoms with Crippen molar-refractivity contribution in [2.45, 2.75) is 25.3 Å². The molecule has 0 radical (unpaired) electrons. The number of benzene rings is 1. The van der Waals surface area contributed by atoms with Crippen molar-refractivity contribution in [3.05, 3.63) is 64.2 Å². The van der Waals surface area contributed by atoms with Crippen molar-refractivity contribution in [3.63, 3.8) is 0 Å². The van der Waals surface area contributed by atoms with Gasteiger partial charge in [0.1, 0.15) is 11.4 Å². The number of aromatic nitrogens is 4. The highest BCUT2D eigenvalue weighted by Gasteiger charge is 2.27. The summed E-state index contributed by atoms with van der Waals surface area (Å²) in [5, 5.41) is 7.96. The van der Waals surface area contributed by atoms with Gasteiger partial charge in [0.25, 0.3) is 11.5 Å². The SMILES string of the molecule is CN(Cc1nnc(-c2ccccc2)o1)C(=O)c1cnc(C2CC2)[nH]c1=O. The first-order chi connectivity index (χ1) is 12.6. The fraction of sp³-hybridized carbons (Fsp3) is 0.278. The Kier molecular flexibility index (Phi) is 4.08. The van der Waals surface area contributed by atoms with Gasteiger partial charge >= 0.3 is 0 Å². The van der Waals surface area contributed by atoms with Gasteiger partial charge in [-0.05, 0) is 25.0 Å². The number of hydrogen-bond acceptors (Lipinski definition) is 6. The highest BCUT2D eigenvalue weighted by molar-refractivity contribution is 5.93. The highest BCUT2D eigenvalue weighted by atomic mass is 16.4. The zero-order chi connectivity index (χ0) is 18.1. The number of nitrogens with zero attached hydrogens (tertiary/aromatic N) is 4. The highest BCUT2D eigenvalue weighted by Crippen LogP contribution is 2.37. The van der Waals surface area contributed by atoms with E-state index >= 15 is 0 Å². The van der Waals surface area contributed by atoms with E-state index in [1.165, 1.54) is 11.1 Å². The molecule has 0 aliphatic heterocycles. The van der Waals surface area contributed by atoms with Crippen molar-refractivity contribution in [1.82, 2.24) is 25.1 Å². The molecule has 0 bridgehead atoms. The molecule has 1 amide bonds. The van der Waals surface area contributed by atoms with Crippen LogP contribution in [0, 0.1) is 0 Å². The molecule has 8 heteroatoms. The molecular formula is C18H17N5O3. The van der Waals surface area contributed by atoms with Gasteiger partial charge in [-0.2, -0.15) is 0 Å². The summed E-state index contributed by atoms with van der Waals surface area (Å²) in [7, 11) is 1.57. The smallest absolute Gasteiger partial charge is 0.263 e. The Labute approximate surface area is 148 Å². The molecular weight excluding hydrogens is 334 g/mol. The first-order valence-corrected chi connectivity index (χ1v) is 8.34. The number of aromatic amines is 1. The molecule has 4 rings (SSSR count). The van der Waals surface area contributed by atoms with Crippen molar-refractivity contribution in [1.29, 1.82) is 0 Å². The van der Waals surface area contributed by atoms with Gasteiger partial charge in [0.2, 0.25) is 11.8 Å². The Hall–Kier alpha value is -3.29. The van der Waals surface area contributed by atoms with Crippen LogP contribution in [0.15, 0.2) is 45.7 Å². The Morgan fingerprint density at radius 3 is 2.73 bits per heavy atom. The fourth-order valence-electron chi connectivity index (χ4n) is 2.62. The third kappa shape index (κ3) is 3.26. The zero-order valence-electron chi connectivity index (χ0n) is 14.2. The van der Waals surface area contributed by atoms with Gasteiger partial charge in [0, 0.05) is 24.7 Å². The van der Waals surface area contributed by atoms with E-state index in [2.05, 4.69) is 20.2 Å². The number of hydrogen-bond donors (Lipinski definition) is 1. The summed E-state index contributed by atoms with van der Waals surface area (Å²) in [6.45, 7) is 0.0997. The molecule has 8 nitrogen and oxygen atoms in total. The third-order valence-corrected chi connectivity index (χ3v) is 4.22. The Balaban J connectivity index is 1.48. The molecule has 26 heavy (non-hydrogen) atoms. The van der Waals surface area contributed by atoms with Crippen LogP contribution in [0.1, 0.15) is 40.8 Å². The largest absolute Gasteiger partial charge is 0.419 e. The lowest BCUT2D eigenvalue weighted by molar-refractivity contribution is 0.0770. The van der Waals surface area contributed by atoms with Crippen molar-refractivity contribution in [2.75, 3.05) is 7.05 Å². The van der Waals surface area contributed by atoms with Crippen molar-refractivity contribution < 1.29 is 9.21 Å². The fourth-order valence-corrected chi connectivity index (χ4v) is 2.62. The first kappa shape index (κ1) is 16.2. The minimum Gasteiger partial charge on any atom is -0.419 e. The summed E-state index contributed by atoms with van der Waals surface area (Å²) in [6.07, 6.45) is 3.39. The van der Waals surface area contributed by atoms with Crippen LogP contribution in [-0.4, -0.2) is 38.0 Å². The summed E-state index contributed by atoms with van der Waals surface area (Å²) >= 11 is 0. The van der Waals surface area contributed by atoms with Gasteiger partial charge in [0.15, 0.2) is 0 Å². The molecule has 2 aromatic heterocycles. The molecule has 0 unspecified atom stereocenters. The quantitative estimate of drug-likeness (QED) is 0.753. The number of carbonyl (C=O) groups is 1. The van der Waals surface area contributed by atoms with Crippen molar-refractivity contribution in [3.8, 4) is 11.5 Å². The molecule has 0 atom stereocenters. The molecule has 1 aromatic carbocycles. The molecule has 2 heterocycles. The summed E-state index contributed by atoms with van der Waals surface area (Å²) in [5.74, 6) is 1.20. The third-order valence-electron chi connectivity index (χ3n) is 4.22. The first-order valence-electron chi connectivity index (χ1n) is 8.34. The van der Waals surface area contributed by atoms with Crippen LogP contribution < -0.4 is 5.56 Å². The number of amides is 1. The Bertz CT molecular complexity index is 991. The van der Waals surface area contributed by atoms with Gasteiger partial charge in [-0.25, -0.2) is 4.98 Å². The van der Waals surface area contributed by atoms with E-state index in [4.69, 9.17) is 4.42 Å². The number of nitrogens with one attached hydrogen (secondary N) is 1. The van der Waals surface area contributed by atoms with Crippen molar-refractivity contribution >= 4 is 5.91 Å². The summed E-state index contributed by atoms with van der Waals surface area (Å²) in [6, 6.07) is 9.36. The van der Waals surface area contributed by atoms with Gasteiger partial charge in [-0.15, -0.1) is 10.2 Å². The van der Waals surface area contributed by atoms with Crippen LogP contribution in [0.3, 0.4) is 0 Å². The molecule has 1 N–H and O–H groups in total. The van der Waals surface area contributed by atoms with E-state index in [9.17, 15) is 9.59 Å². The lowest BCUT2D eigenvalue weighted by Gasteiger charge is -2.14. The van der Waals surface area contributed by atoms with Crippen LogP contribution in [0.25, 0.3) is 11.5 Å². The second kappa shape index (κ2) is 6.55. The summed E-state index contributed by atoms with van der Waals surface area (Å²) in [4.78, 5) is 32.9. The van der Waals surface area contributed by atoms with Crippen LogP contribution in [-0.2, 0) is 6.54 Å². The summed E-state index contributed by atoms with van der Waals surface area (Å²) in [5.41, 5.74) is 0.380. The Morgan fingerprint density at radius 2 is 2.04 bits per heavy atom. The molecule has 1 aliphatic carbocycles. The van der Waals surface area contributed by atoms with Gasteiger partial charge in [-0.3, -0.25) is 9.59 Å².